The SMILES string of the molecule is O=IN(O)c1cnc2nc(-c3cc(NC(=O)c4ccco4)ccc3Cl)[nH]c2c1. The van der Waals surface area contributed by atoms with E-state index in [-0.39, 0.29) is 11.4 Å². The number of hydrogen-bond acceptors (Lipinski definition) is 6. The molecule has 3 aromatic heterocycles. The minimum Gasteiger partial charge on any atom is -0.459 e. The molecule has 3 heterocycles. The molecule has 1 amide bonds. The van der Waals surface area contributed by atoms with Gasteiger partial charge in [-0.15, -0.1) is 0 Å². The third-order valence-corrected chi connectivity index (χ3v) is 5.09. The number of aromatic nitrogens is 3. The number of nitrogens with one attached hydrogen (secondary N) is 2. The van der Waals surface area contributed by atoms with Crippen LogP contribution in [0.5, 0.6) is 0 Å². The lowest BCUT2D eigenvalue weighted by atomic mass is 10.2. The fourth-order valence-corrected chi connectivity index (χ4v) is 3.24. The number of halogens is 2. The quantitative estimate of drug-likeness (QED) is 0.204. The van der Waals surface area contributed by atoms with E-state index >= 15 is 0 Å². The van der Waals surface area contributed by atoms with Crippen LogP contribution in [0.2, 0.25) is 5.02 Å². The largest absolute Gasteiger partial charge is 0.459 e. The Morgan fingerprint density at radius 2 is 2.18 bits per heavy atom. The highest BCUT2D eigenvalue weighted by molar-refractivity contribution is 14.1. The summed E-state index contributed by atoms with van der Waals surface area (Å²) in [5, 5.41) is 12.7. The summed E-state index contributed by atoms with van der Waals surface area (Å²) in [4.78, 5) is 23.7. The molecule has 4 rings (SSSR count). The van der Waals surface area contributed by atoms with Crippen LogP contribution in [0.3, 0.4) is 0 Å². The first-order valence-electron chi connectivity index (χ1n) is 7.82. The topological polar surface area (TPSA) is 124 Å². The summed E-state index contributed by atoms with van der Waals surface area (Å²) in [6, 6.07) is 9.73. The van der Waals surface area contributed by atoms with Crippen LogP contribution in [0.1, 0.15) is 10.6 Å². The van der Waals surface area contributed by atoms with Crippen molar-refractivity contribution in [2.45, 2.75) is 0 Å². The predicted molar refractivity (Wildman–Crippen MR) is 110 cm³/mol. The molecule has 142 valence electrons. The smallest absolute Gasteiger partial charge is 0.300 e. The zero-order valence-electron chi connectivity index (χ0n) is 13.9. The van der Waals surface area contributed by atoms with Crippen molar-refractivity contribution in [3.63, 3.8) is 0 Å². The number of furan rings is 1. The lowest BCUT2D eigenvalue weighted by Gasteiger charge is -2.07. The lowest BCUT2D eigenvalue weighted by Crippen LogP contribution is -2.10. The van der Waals surface area contributed by atoms with Gasteiger partial charge in [-0.3, -0.25) is 10.0 Å². The molecule has 0 radical (unpaired) electrons. The molecule has 0 saturated carbocycles. The van der Waals surface area contributed by atoms with Crippen molar-refractivity contribution in [2.24, 2.45) is 0 Å². The molecule has 9 nitrogen and oxygen atoms in total. The summed E-state index contributed by atoms with van der Waals surface area (Å²) in [6.45, 7) is 0. The van der Waals surface area contributed by atoms with E-state index in [9.17, 15) is 13.1 Å². The highest BCUT2D eigenvalue weighted by atomic mass is 127. The van der Waals surface area contributed by atoms with Gasteiger partial charge in [-0.05, 0) is 36.4 Å². The highest BCUT2D eigenvalue weighted by Crippen LogP contribution is 2.31. The molecule has 0 atom stereocenters. The Morgan fingerprint density at radius 1 is 1.32 bits per heavy atom. The van der Waals surface area contributed by atoms with Gasteiger partial charge in [-0.25, -0.2) is 13.0 Å². The summed E-state index contributed by atoms with van der Waals surface area (Å²) < 4.78 is 16.6. The second-order valence-electron chi connectivity index (χ2n) is 5.61. The van der Waals surface area contributed by atoms with Crippen LogP contribution in [-0.2, 0) is 3.07 Å². The van der Waals surface area contributed by atoms with Crippen molar-refractivity contribution in [2.75, 3.05) is 8.59 Å². The zero-order chi connectivity index (χ0) is 19.7. The molecule has 11 heteroatoms. The number of hydrogen-bond donors (Lipinski definition) is 3. The first-order valence-corrected chi connectivity index (χ1v) is 10.0. The van der Waals surface area contributed by atoms with Gasteiger partial charge in [0.05, 0.1) is 28.7 Å². The van der Waals surface area contributed by atoms with Gasteiger partial charge in [0.1, 0.15) is 5.82 Å². The summed E-state index contributed by atoms with van der Waals surface area (Å²) in [5.41, 5.74) is 2.28. The average Bonchev–Trinajstić information content (AvgIpc) is 3.38. The molecule has 28 heavy (non-hydrogen) atoms. The molecule has 0 fully saturated rings. The maximum atomic E-state index is 12.2. The first-order chi connectivity index (χ1) is 13.5. The Balaban J connectivity index is 1.68. The summed E-state index contributed by atoms with van der Waals surface area (Å²) >= 11 is 4.53. The average molecular weight is 512 g/mol. The number of nitrogens with zero attached hydrogens (tertiary/aromatic N) is 3. The van der Waals surface area contributed by atoms with Crippen LogP contribution in [0.25, 0.3) is 22.6 Å². The van der Waals surface area contributed by atoms with E-state index in [4.69, 9.17) is 16.0 Å². The number of imidazole rings is 1. The molecule has 0 saturated heterocycles. The first kappa shape index (κ1) is 18.5. The Bertz CT molecular complexity index is 1180. The van der Waals surface area contributed by atoms with Gasteiger partial charge in [0.2, 0.25) is 0 Å². The van der Waals surface area contributed by atoms with Gasteiger partial charge >= 0.3 is 0 Å². The van der Waals surface area contributed by atoms with Crippen LogP contribution in [0.4, 0.5) is 11.4 Å². The van der Waals surface area contributed by atoms with E-state index in [1.165, 1.54) is 12.5 Å². The number of fused-ring (bicyclic) bond motifs is 1. The van der Waals surface area contributed by atoms with Crippen molar-refractivity contribution in [3.05, 3.63) is 59.6 Å². The number of amides is 1. The number of aromatic amines is 1. The maximum absolute atomic E-state index is 12.2. The zero-order valence-corrected chi connectivity index (χ0v) is 16.8. The fourth-order valence-electron chi connectivity index (χ4n) is 2.54. The second-order valence-corrected chi connectivity index (χ2v) is 7.32. The lowest BCUT2D eigenvalue weighted by molar-refractivity contribution is 0.0996. The molecule has 0 aliphatic carbocycles. The van der Waals surface area contributed by atoms with Crippen LogP contribution in [-0.4, -0.2) is 26.1 Å². The summed E-state index contributed by atoms with van der Waals surface area (Å²) in [6.07, 6.45) is 2.78. The number of benzene rings is 1. The highest BCUT2D eigenvalue weighted by Gasteiger charge is 2.14. The van der Waals surface area contributed by atoms with Gasteiger partial charge in [0.25, 0.3) is 27.4 Å². The molecule has 4 aromatic rings. The third-order valence-electron chi connectivity index (χ3n) is 3.83. The predicted octanol–water partition coefficient (Wildman–Crippen LogP) is 4.55. The van der Waals surface area contributed by atoms with Crippen LogP contribution in [0, 0.1) is 0 Å². The summed E-state index contributed by atoms with van der Waals surface area (Å²) in [7, 11) is 0. The minimum absolute atomic E-state index is 0.187. The maximum Gasteiger partial charge on any atom is 0.300 e. The Kier molecular flexibility index (Phi) is 5.07. The van der Waals surface area contributed by atoms with E-state index in [0.717, 1.165) is 0 Å². The molecular weight excluding hydrogens is 501 g/mol. The second kappa shape index (κ2) is 7.66. The number of H-pyrrole nitrogens is 1. The molecule has 3 N–H and O–H groups in total. The molecule has 0 bridgehead atoms. The van der Waals surface area contributed by atoms with E-state index in [2.05, 4.69) is 20.3 Å². The van der Waals surface area contributed by atoms with Crippen molar-refractivity contribution >= 4 is 61.5 Å². The molecular formula is C17H11ClIN5O4. The van der Waals surface area contributed by atoms with Gasteiger partial charge in [-0.1, -0.05) is 11.6 Å². The molecule has 0 unspecified atom stereocenters. The van der Waals surface area contributed by atoms with Crippen molar-refractivity contribution in [3.8, 4) is 11.4 Å². The van der Waals surface area contributed by atoms with E-state index < -0.39 is 27.4 Å². The van der Waals surface area contributed by atoms with Crippen molar-refractivity contribution in [1.29, 1.82) is 0 Å². The Hall–Kier alpha value is -2.83. The molecule has 0 spiro atoms. The molecule has 0 aliphatic rings. The van der Waals surface area contributed by atoms with Crippen molar-refractivity contribution in [1.82, 2.24) is 15.0 Å². The summed E-state index contributed by atoms with van der Waals surface area (Å²) in [5.74, 6) is 0.227. The Morgan fingerprint density at radius 3 is 2.93 bits per heavy atom. The number of carbonyl (C=O) groups is 1. The fraction of sp³-hybridized carbons (Fsp3) is 0. The number of pyridine rings is 1. The van der Waals surface area contributed by atoms with Gasteiger partial charge in [0.15, 0.2) is 11.4 Å². The van der Waals surface area contributed by atoms with Gasteiger partial charge in [0, 0.05) is 11.3 Å². The van der Waals surface area contributed by atoms with E-state index in [0.29, 0.717) is 36.5 Å². The van der Waals surface area contributed by atoms with E-state index in [1.807, 2.05) is 0 Å². The molecule has 1 aromatic carbocycles. The monoisotopic (exact) mass is 511 g/mol. The van der Waals surface area contributed by atoms with Gasteiger partial charge in [-0.2, -0.15) is 3.28 Å². The third kappa shape index (κ3) is 3.61. The van der Waals surface area contributed by atoms with E-state index in [1.54, 1.807) is 36.4 Å². The van der Waals surface area contributed by atoms with Crippen LogP contribution >= 0.6 is 33.1 Å². The van der Waals surface area contributed by atoms with Crippen molar-refractivity contribution < 1.29 is 17.5 Å². The standard InChI is InChI=1S/C17H11ClIN5O4/c18-12-4-3-9(21-17(25)14-2-1-5-28-14)6-11(12)15-22-13-7-10(24(27)19-26)8-20-16(13)23-15/h1-8,27H,(H,21,25)(H,20,22,23). The minimum atomic E-state index is -1.77. The number of anilines is 2. The van der Waals surface area contributed by atoms with Crippen LogP contribution < -0.4 is 8.59 Å². The van der Waals surface area contributed by atoms with Gasteiger partial charge < -0.3 is 14.7 Å². The normalized spacial score (nSPS) is 10.9. The number of carbonyl (C=O) groups excluding carboxylic acids is 1. The molecule has 0 aliphatic heterocycles. The van der Waals surface area contributed by atoms with Crippen LogP contribution in [0.15, 0.2) is 53.3 Å². The number of rotatable bonds is 5. The Labute approximate surface area is 173 Å².